The van der Waals surface area contributed by atoms with Crippen LogP contribution < -0.4 is 15.5 Å². The van der Waals surface area contributed by atoms with Crippen LogP contribution in [-0.2, 0) is 0 Å². The van der Waals surface area contributed by atoms with Gasteiger partial charge in [-0.2, -0.15) is 0 Å². The van der Waals surface area contributed by atoms with Crippen LogP contribution in [-0.4, -0.2) is 48.9 Å². The molecule has 9 heteroatoms. The molecule has 0 amide bonds. The van der Waals surface area contributed by atoms with E-state index < -0.39 is 0 Å². The van der Waals surface area contributed by atoms with E-state index in [9.17, 15) is 4.39 Å². The molecule has 0 saturated carbocycles. The van der Waals surface area contributed by atoms with E-state index in [4.69, 9.17) is 4.99 Å². The Labute approximate surface area is 198 Å². The van der Waals surface area contributed by atoms with Gasteiger partial charge in [0.25, 0.3) is 0 Å². The summed E-state index contributed by atoms with van der Waals surface area (Å²) in [6, 6.07) is 7.26. The van der Waals surface area contributed by atoms with Crippen molar-refractivity contribution in [2.75, 3.05) is 36.8 Å². The van der Waals surface area contributed by atoms with Crippen molar-refractivity contribution in [3.63, 3.8) is 0 Å². The molecule has 0 atom stereocenters. The van der Waals surface area contributed by atoms with E-state index in [-0.39, 0.29) is 29.8 Å². The van der Waals surface area contributed by atoms with Gasteiger partial charge in [-0.05, 0) is 44.4 Å². The van der Waals surface area contributed by atoms with E-state index >= 15 is 0 Å². The van der Waals surface area contributed by atoms with Gasteiger partial charge in [-0.1, -0.05) is 17.8 Å². The highest BCUT2D eigenvalue weighted by Gasteiger charge is 2.20. The molecule has 1 aromatic heterocycles. The number of nitrogens with one attached hydrogen (secondary N) is 2. The number of aliphatic imine (C=N–C) groups is 1. The SMILES string of the molecule is CCNC(=NCCCSc1nccs1)NC1CCN(c2cccc(F)c2)CC1.I. The average Bonchev–Trinajstić information content (AvgIpc) is 3.22. The number of benzene rings is 1. The van der Waals surface area contributed by atoms with Gasteiger partial charge in [0.1, 0.15) is 10.2 Å². The largest absolute Gasteiger partial charge is 0.371 e. The zero-order valence-corrected chi connectivity index (χ0v) is 20.6. The molecular weight excluding hydrogens is 520 g/mol. The van der Waals surface area contributed by atoms with Crippen LogP contribution in [0.25, 0.3) is 0 Å². The first-order chi connectivity index (χ1) is 13.7. The van der Waals surface area contributed by atoms with Crippen LogP contribution in [0.3, 0.4) is 0 Å². The Morgan fingerprint density at radius 1 is 1.38 bits per heavy atom. The Kier molecular flexibility index (Phi) is 11.1. The molecule has 0 aliphatic carbocycles. The second-order valence-electron chi connectivity index (χ2n) is 6.65. The van der Waals surface area contributed by atoms with Crippen molar-refractivity contribution >= 4 is 58.7 Å². The van der Waals surface area contributed by atoms with Gasteiger partial charge < -0.3 is 15.5 Å². The number of guanidine groups is 1. The Morgan fingerprint density at radius 3 is 2.90 bits per heavy atom. The molecule has 3 rings (SSSR count). The third kappa shape index (κ3) is 8.29. The zero-order chi connectivity index (χ0) is 19.6. The molecule has 2 N–H and O–H groups in total. The Balaban J connectivity index is 0.00000300. The number of thioether (sulfide) groups is 1. The first-order valence-electron chi connectivity index (χ1n) is 9.82. The minimum absolute atomic E-state index is 0. The summed E-state index contributed by atoms with van der Waals surface area (Å²) < 4.78 is 14.6. The van der Waals surface area contributed by atoms with E-state index in [1.807, 2.05) is 17.6 Å². The summed E-state index contributed by atoms with van der Waals surface area (Å²) in [5, 5.41) is 8.92. The molecule has 1 fully saturated rings. The summed E-state index contributed by atoms with van der Waals surface area (Å²) in [5.41, 5.74) is 0.969. The van der Waals surface area contributed by atoms with Crippen LogP contribution in [0.2, 0.25) is 0 Å². The van der Waals surface area contributed by atoms with Gasteiger partial charge in [-0.15, -0.1) is 35.3 Å². The highest BCUT2D eigenvalue weighted by Crippen LogP contribution is 2.21. The molecule has 1 aliphatic rings. The summed E-state index contributed by atoms with van der Waals surface area (Å²) >= 11 is 3.48. The van der Waals surface area contributed by atoms with Crippen molar-refractivity contribution in [2.24, 2.45) is 4.99 Å². The van der Waals surface area contributed by atoms with Crippen molar-refractivity contribution in [2.45, 2.75) is 36.6 Å². The molecule has 2 aromatic rings. The van der Waals surface area contributed by atoms with Crippen molar-refractivity contribution in [3.05, 3.63) is 41.7 Å². The van der Waals surface area contributed by atoms with E-state index in [1.165, 1.54) is 6.07 Å². The second-order valence-corrected chi connectivity index (χ2v) is 8.88. The van der Waals surface area contributed by atoms with E-state index in [1.54, 1.807) is 35.2 Å². The quantitative estimate of drug-likeness (QED) is 0.166. The standard InChI is InChI=1S/C20H28FN5S2.HI/c1-2-22-19(23-9-4-13-27-20-24-10-14-28-20)25-17-7-11-26(12-8-17)18-6-3-5-16(21)15-18;/h3,5-6,10,14-15,17H,2,4,7-9,11-13H2,1H3,(H2,22,23,25);1H. The third-order valence-electron chi connectivity index (χ3n) is 4.56. The van der Waals surface area contributed by atoms with Gasteiger partial charge in [0.15, 0.2) is 5.96 Å². The molecular formula is C20H29FIN5S2. The molecule has 0 unspecified atom stereocenters. The molecule has 0 spiro atoms. The normalized spacial score (nSPS) is 15.1. The van der Waals surface area contributed by atoms with E-state index in [0.29, 0.717) is 6.04 Å². The van der Waals surface area contributed by atoms with Gasteiger partial charge in [0.2, 0.25) is 0 Å². The molecule has 1 aliphatic heterocycles. The number of anilines is 1. The number of hydrogen-bond donors (Lipinski definition) is 2. The van der Waals surface area contributed by atoms with E-state index in [0.717, 1.165) is 67.2 Å². The monoisotopic (exact) mass is 549 g/mol. The maximum absolute atomic E-state index is 13.4. The minimum atomic E-state index is -0.174. The van der Waals surface area contributed by atoms with Gasteiger partial charge in [0, 0.05) is 55.2 Å². The van der Waals surface area contributed by atoms with Crippen molar-refractivity contribution in [1.29, 1.82) is 0 Å². The molecule has 1 saturated heterocycles. The lowest BCUT2D eigenvalue weighted by Crippen LogP contribution is -2.48. The molecule has 1 aromatic carbocycles. The Hall–Kier alpha value is -1.07. The molecule has 29 heavy (non-hydrogen) atoms. The van der Waals surface area contributed by atoms with Crippen LogP contribution >= 0.6 is 47.1 Å². The second kappa shape index (κ2) is 13.3. The van der Waals surface area contributed by atoms with Crippen LogP contribution in [0.4, 0.5) is 10.1 Å². The molecule has 0 bridgehead atoms. The predicted molar refractivity (Wildman–Crippen MR) is 134 cm³/mol. The minimum Gasteiger partial charge on any atom is -0.371 e. The van der Waals surface area contributed by atoms with E-state index in [2.05, 4.69) is 27.4 Å². The predicted octanol–water partition coefficient (Wildman–Crippen LogP) is 4.61. The van der Waals surface area contributed by atoms with Crippen LogP contribution in [0, 0.1) is 5.82 Å². The topological polar surface area (TPSA) is 52.6 Å². The number of nitrogens with zero attached hydrogens (tertiary/aromatic N) is 3. The molecule has 2 heterocycles. The summed E-state index contributed by atoms with van der Waals surface area (Å²) in [4.78, 5) is 11.3. The smallest absolute Gasteiger partial charge is 0.191 e. The third-order valence-corrected chi connectivity index (χ3v) is 6.61. The zero-order valence-electron chi connectivity index (χ0n) is 16.6. The average molecular weight is 550 g/mol. The number of hydrogen-bond acceptors (Lipinski definition) is 5. The molecule has 0 radical (unpaired) electrons. The Bertz CT molecular complexity index is 736. The van der Waals surface area contributed by atoms with Crippen LogP contribution in [0.5, 0.6) is 0 Å². The van der Waals surface area contributed by atoms with Crippen molar-refractivity contribution < 1.29 is 4.39 Å². The molecule has 160 valence electrons. The van der Waals surface area contributed by atoms with Crippen LogP contribution in [0.1, 0.15) is 26.2 Å². The number of piperidine rings is 1. The number of aromatic nitrogens is 1. The summed E-state index contributed by atoms with van der Waals surface area (Å²) in [5.74, 6) is 1.75. The fourth-order valence-corrected chi connectivity index (χ4v) is 4.80. The summed E-state index contributed by atoms with van der Waals surface area (Å²) in [6.45, 7) is 5.58. The lowest BCUT2D eigenvalue weighted by Gasteiger charge is -2.34. The lowest BCUT2D eigenvalue weighted by molar-refractivity contribution is 0.461. The highest BCUT2D eigenvalue weighted by atomic mass is 127. The maximum atomic E-state index is 13.4. The van der Waals surface area contributed by atoms with Gasteiger partial charge in [0.05, 0.1) is 0 Å². The first-order valence-corrected chi connectivity index (χ1v) is 11.7. The van der Waals surface area contributed by atoms with Crippen LogP contribution in [0.15, 0.2) is 45.2 Å². The molecule has 5 nitrogen and oxygen atoms in total. The lowest BCUT2D eigenvalue weighted by atomic mass is 10.0. The fourth-order valence-electron chi connectivity index (χ4n) is 3.16. The van der Waals surface area contributed by atoms with Crippen molar-refractivity contribution in [3.8, 4) is 0 Å². The van der Waals surface area contributed by atoms with Crippen molar-refractivity contribution in [1.82, 2.24) is 15.6 Å². The van der Waals surface area contributed by atoms with Gasteiger partial charge in [-0.3, -0.25) is 4.99 Å². The number of halogens is 2. The fraction of sp³-hybridized carbons (Fsp3) is 0.500. The highest BCUT2D eigenvalue weighted by molar-refractivity contribution is 14.0. The summed E-state index contributed by atoms with van der Waals surface area (Å²) in [6.07, 6.45) is 4.90. The summed E-state index contributed by atoms with van der Waals surface area (Å²) in [7, 11) is 0. The van der Waals surface area contributed by atoms with Gasteiger partial charge in [-0.25, -0.2) is 9.37 Å². The number of rotatable bonds is 8. The number of thiazole rings is 1. The maximum Gasteiger partial charge on any atom is 0.191 e. The van der Waals surface area contributed by atoms with Gasteiger partial charge >= 0.3 is 0 Å². The first kappa shape index (κ1) is 24.2. The Morgan fingerprint density at radius 2 is 2.21 bits per heavy atom.